The molecule has 1 aromatic carbocycles. The fourth-order valence-corrected chi connectivity index (χ4v) is 2.20. The van der Waals surface area contributed by atoms with Crippen LogP contribution in [0.5, 0.6) is 0 Å². The Morgan fingerprint density at radius 1 is 1.23 bits per heavy atom. The molecule has 118 valence electrons. The number of esters is 1. The number of rotatable bonds is 2. The number of urea groups is 1. The van der Waals surface area contributed by atoms with E-state index >= 15 is 0 Å². The molecule has 0 aliphatic carbocycles. The Morgan fingerprint density at radius 2 is 1.82 bits per heavy atom. The predicted molar refractivity (Wildman–Crippen MR) is 79.4 cm³/mol. The number of benzene rings is 1. The van der Waals surface area contributed by atoms with Gasteiger partial charge in [-0.1, -0.05) is 12.1 Å². The lowest BCUT2D eigenvalue weighted by Crippen LogP contribution is -2.46. The van der Waals surface area contributed by atoms with Gasteiger partial charge in [0.05, 0.1) is 11.6 Å². The van der Waals surface area contributed by atoms with E-state index in [-0.39, 0.29) is 5.82 Å². The van der Waals surface area contributed by atoms with Crippen molar-refractivity contribution in [3.05, 3.63) is 46.9 Å². The number of hydrogen-bond donors (Lipinski definition) is 2. The maximum atomic E-state index is 13.1. The molecule has 1 atom stereocenters. The summed E-state index contributed by atoms with van der Waals surface area (Å²) in [6.07, 6.45) is 0. The molecule has 0 saturated heterocycles. The fourth-order valence-electron chi connectivity index (χ4n) is 2.20. The highest BCUT2D eigenvalue weighted by atomic mass is 19.1. The first-order valence-corrected chi connectivity index (χ1v) is 6.94. The van der Waals surface area contributed by atoms with Crippen LogP contribution in [-0.2, 0) is 9.53 Å². The number of ether oxygens (including phenoxy) is 1. The number of halogens is 1. The molecule has 0 spiro atoms. The van der Waals surface area contributed by atoms with Crippen molar-refractivity contribution in [2.45, 2.75) is 39.3 Å². The van der Waals surface area contributed by atoms with Crippen molar-refractivity contribution in [2.75, 3.05) is 0 Å². The largest absolute Gasteiger partial charge is 0.456 e. The Hall–Kier alpha value is -2.37. The first-order valence-electron chi connectivity index (χ1n) is 6.94. The van der Waals surface area contributed by atoms with Crippen molar-refractivity contribution in [2.24, 2.45) is 0 Å². The molecule has 5 nitrogen and oxygen atoms in total. The summed E-state index contributed by atoms with van der Waals surface area (Å²) in [5.41, 5.74) is 0.684. The minimum absolute atomic E-state index is 0.307. The van der Waals surface area contributed by atoms with Crippen molar-refractivity contribution in [1.82, 2.24) is 10.6 Å². The van der Waals surface area contributed by atoms with Gasteiger partial charge in [-0.3, -0.25) is 0 Å². The molecule has 0 radical (unpaired) electrons. The highest BCUT2D eigenvalue weighted by Gasteiger charge is 2.33. The zero-order valence-corrected chi connectivity index (χ0v) is 13.0. The standard InChI is InChI=1S/C16H19FN2O3/c1-9-12(14(20)22-16(2,3)4)13(19-15(21)18-9)10-5-7-11(17)8-6-10/h5-8,13H,1-4H3,(H2,18,19,21). The fraction of sp³-hybridized carbons (Fsp3) is 0.375. The minimum atomic E-state index is -0.677. The number of carbonyl (C=O) groups is 2. The average Bonchev–Trinajstić information content (AvgIpc) is 2.36. The highest BCUT2D eigenvalue weighted by molar-refractivity contribution is 5.95. The topological polar surface area (TPSA) is 67.4 Å². The highest BCUT2D eigenvalue weighted by Crippen LogP contribution is 2.28. The van der Waals surface area contributed by atoms with Gasteiger partial charge in [0.25, 0.3) is 0 Å². The van der Waals surface area contributed by atoms with Gasteiger partial charge in [-0.2, -0.15) is 0 Å². The van der Waals surface area contributed by atoms with E-state index in [0.717, 1.165) is 0 Å². The molecule has 6 heteroatoms. The van der Waals surface area contributed by atoms with E-state index in [1.54, 1.807) is 27.7 Å². The van der Waals surface area contributed by atoms with E-state index in [0.29, 0.717) is 16.8 Å². The molecular formula is C16H19FN2O3. The van der Waals surface area contributed by atoms with Crippen LogP contribution in [0.4, 0.5) is 9.18 Å². The Bertz CT molecular complexity index is 630. The molecule has 2 amide bonds. The molecule has 0 bridgehead atoms. The van der Waals surface area contributed by atoms with Crippen LogP contribution >= 0.6 is 0 Å². The smallest absolute Gasteiger partial charge is 0.338 e. The Kier molecular flexibility index (Phi) is 4.21. The second-order valence-corrected chi connectivity index (χ2v) is 6.12. The second kappa shape index (κ2) is 5.79. The lowest BCUT2D eigenvalue weighted by molar-refractivity contribution is -0.150. The van der Waals surface area contributed by atoms with Gasteiger partial charge < -0.3 is 15.4 Å². The third-order valence-corrected chi connectivity index (χ3v) is 3.09. The molecule has 1 aliphatic heterocycles. The van der Waals surface area contributed by atoms with Gasteiger partial charge in [-0.25, -0.2) is 14.0 Å². The number of amides is 2. The summed E-state index contributed by atoms with van der Waals surface area (Å²) in [5, 5.41) is 5.23. The van der Waals surface area contributed by atoms with Gasteiger partial charge >= 0.3 is 12.0 Å². The normalized spacial score (nSPS) is 18.6. The van der Waals surface area contributed by atoms with Gasteiger partial charge in [0.15, 0.2) is 0 Å². The van der Waals surface area contributed by atoms with E-state index in [1.807, 2.05) is 0 Å². The maximum absolute atomic E-state index is 13.1. The van der Waals surface area contributed by atoms with Crippen LogP contribution in [0.1, 0.15) is 39.3 Å². The lowest BCUT2D eigenvalue weighted by Gasteiger charge is -2.30. The molecule has 2 N–H and O–H groups in total. The summed E-state index contributed by atoms with van der Waals surface area (Å²) in [6.45, 7) is 6.93. The molecule has 1 heterocycles. The van der Waals surface area contributed by atoms with Crippen LogP contribution in [0.15, 0.2) is 35.5 Å². The van der Waals surface area contributed by atoms with E-state index in [4.69, 9.17) is 4.74 Å². The summed E-state index contributed by atoms with van der Waals surface area (Å²) in [4.78, 5) is 24.1. The summed E-state index contributed by atoms with van der Waals surface area (Å²) in [6, 6.07) is 4.53. The van der Waals surface area contributed by atoms with E-state index < -0.39 is 23.6 Å². The molecule has 0 saturated carbocycles. The molecule has 1 aromatic rings. The number of carbonyl (C=O) groups excluding carboxylic acids is 2. The van der Waals surface area contributed by atoms with Crippen molar-refractivity contribution >= 4 is 12.0 Å². The Balaban J connectivity index is 2.41. The molecule has 22 heavy (non-hydrogen) atoms. The van der Waals surface area contributed by atoms with Gasteiger partial charge in [0, 0.05) is 5.70 Å². The van der Waals surface area contributed by atoms with Gasteiger partial charge in [0.1, 0.15) is 11.4 Å². The number of nitrogens with one attached hydrogen (secondary N) is 2. The molecule has 2 rings (SSSR count). The van der Waals surface area contributed by atoms with Gasteiger partial charge in [0.2, 0.25) is 0 Å². The van der Waals surface area contributed by atoms with Gasteiger partial charge in [-0.15, -0.1) is 0 Å². The third-order valence-electron chi connectivity index (χ3n) is 3.09. The molecule has 1 unspecified atom stereocenters. The van der Waals surface area contributed by atoms with Crippen LogP contribution < -0.4 is 10.6 Å². The average molecular weight is 306 g/mol. The number of hydrogen-bond acceptors (Lipinski definition) is 3. The van der Waals surface area contributed by atoms with Crippen molar-refractivity contribution in [3.8, 4) is 0 Å². The Morgan fingerprint density at radius 3 is 2.36 bits per heavy atom. The molecule has 1 aliphatic rings. The predicted octanol–water partition coefficient (Wildman–Crippen LogP) is 2.80. The maximum Gasteiger partial charge on any atom is 0.338 e. The SMILES string of the molecule is CC1=C(C(=O)OC(C)(C)C)C(c2ccc(F)cc2)NC(=O)N1. The first-order chi connectivity index (χ1) is 10.2. The summed E-state index contributed by atoms with van der Waals surface area (Å²) < 4.78 is 18.5. The zero-order valence-electron chi connectivity index (χ0n) is 13.0. The molecule has 0 fully saturated rings. The van der Waals surface area contributed by atoms with E-state index in [9.17, 15) is 14.0 Å². The van der Waals surface area contributed by atoms with Crippen LogP contribution in [0, 0.1) is 5.82 Å². The monoisotopic (exact) mass is 306 g/mol. The van der Waals surface area contributed by atoms with E-state index in [1.165, 1.54) is 24.3 Å². The lowest BCUT2D eigenvalue weighted by atomic mass is 9.95. The zero-order chi connectivity index (χ0) is 16.5. The van der Waals surface area contributed by atoms with Crippen LogP contribution in [0.25, 0.3) is 0 Å². The van der Waals surface area contributed by atoms with Crippen LogP contribution in [0.3, 0.4) is 0 Å². The Labute approximate surface area is 128 Å². The van der Waals surface area contributed by atoms with E-state index in [2.05, 4.69) is 10.6 Å². The number of allylic oxidation sites excluding steroid dienone is 1. The third kappa shape index (κ3) is 3.63. The van der Waals surface area contributed by atoms with Crippen molar-refractivity contribution < 1.29 is 18.7 Å². The first kappa shape index (κ1) is 16.0. The summed E-state index contributed by atoms with van der Waals surface area (Å²) >= 11 is 0. The van der Waals surface area contributed by atoms with Crippen molar-refractivity contribution in [1.29, 1.82) is 0 Å². The summed E-state index contributed by atoms with van der Waals surface area (Å²) in [7, 11) is 0. The summed E-state index contributed by atoms with van der Waals surface area (Å²) in [5.74, 6) is -0.907. The molecular weight excluding hydrogens is 287 g/mol. The van der Waals surface area contributed by atoms with Crippen LogP contribution in [-0.4, -0.2) is 17.6 Å². The van der Waals surface area contributed by atoms with Crippen LogP contribution in [0.2, 0.25) is 0 Å². The minimum Gasteiger partial charge on any atom is -0.456 e. The van der Waals surface area contributed by atoms with Gasteiger partial charge in [-0.05, 0) is 45.4 Å². The quantitative estimate of drug-likeness (QED) is 0.826. The van der Waals surface area contributed by atoms with Crippen molar-refractivity contribution in [3.63, 3.8) is 0 Å². The molecule has 0 aromatic heterocycles. The second-order valence-electron chi connectivity index (χ2n) is 6.12.